The fraction of sp³-hybridized carbons (Fsp3) is 0.273. The first-order valence-corrected chi connectivity index (χ1v) is 9.76. The van der Waals surface area contributed by atoms with Gasteiger partial charge in [0.15, 0.2) is 0 Å². The van der Waals surface area contributed by atoms with Crippen LogP contribution in [0, 0.1) is 5.92 Å². The molecule has 0 saturated heterocycles. The molecule has 0 atom stereocenters. The summed E-state index contributed by atoms with van der Waals surface area (Å²) in [5, 5.41) is 14.6. The lowest BCUT2D eigenvalue weighted by molar-refractivity contribution is -0.109. The molecule has 1 aliphatic carbocycles. The summed E-state index contributed by atoms with van der Waals surface area (Å²) < 4.78 is 27.9. The van der Waals surface area contributed by atoms with Gasteiger partial charge in [-0.25, -0.2) is 18.7 Å². The van der Waals surface area contributed by atoms with Gasteiger partial charge < -0.3 is 5.11 Å². The first-order valence-electron chi connectivity index (χ1n) is 9.76. The van der Waals surface area contributed by atoms with E-state index < -0.39 is 5.92 Å². The molecule has 0 spiro atoms. The Hall–Kier alpha value is -3.26. The van der Waals surface area contributed by atoms with E-state index in [2.05, 4.69) is 15.1 Å². The van der Waals surface area contributed by atoms with E-state index >= 15 is 0 Å². The van der Waals surface area contributed by atoms with E-state index in [0.717, 1.165) is 27.9 Å². The highest BCUT2D eigenvalue weighted by Gasteiger charge is 2.45. The van der Waals surface area contributed by atoms with Gasteiger partial charge in [0.1, 0.15) is 0 Å². The van der Waals surface area contributed by atoms with Crippen LogP contribution < -0.4 is 0 Å². The zero-order chi connectivity index (χ0) is 20.7. The van der Waals surface area contributed by atoms with Gasteiger partial charge in [-0.15, -0.1) is 0 Å². The summed E-state index contributed by atoms with van der Waals surface area (Å²) >= 11 is 0. The van der Waals surface area contributed by atoms with Crippen molar-refractivity contribution in [3.63, 3.8) is 0 Å². The minimum Gasteiger partial charge on any atom is -0.390 e. The van der Waals surface area contributed by atoms with Crippen molar-refractivity contribution in [1.82, 2.24) is 24.7 Å². The topological polar surface area (TPSA) is 76.7 Å². The lowest BCUT2D eigenvalue weighted by Gasteiger charge is -2.34. The quantitative estimate of drug-likeness (QED) is 0.542. The minimum absolute atomic E-state index is 0.0115. The molecule has 8 heteroatoms. The molecule has 3 aromatic heterocycles. The minimum atomic E-state index is -2.51. The SMILES string of the molecule is OCc1ccnc(-n2ncc3ccc(-c4cccc(CC5CC(F)(F)C5)n4)cc32)n1. The van der Waals surface area contributed by atoms with Crippen molar-refractivity contribution in [1.29, 1.82) is 0 Å². The zero-order valence-corrected chi connectivity index (χ0v) is 16.0. The third-order valence-electron chi connectivity index (χ3n) is 5.40. The Bertz CT molecular complexity index is 1220. The Morgan fingerprint density at radius 2 is 1.93 bits per heavy atom. The zero-order valence-electron chi connectivity index (χ0n) is 16.0. The van der Waals surface area contributed by atoms with Crippen molar-refractivity contribution in [2.75, 3.05) is 0 Å². The van der Waals surface area contributed by atoms with E-state index in [1.165, 1.54) is 0 Å². The van der Waals surface area contributed by atoms with Crippen molar-refractivity contribution in [3.05, 3.63) is 66.2 Å². The molecule has 1 N–H and O–H groups in total. The number of nitrogens with zero attached hydrogens (tertiary/aromatic N) is 5. The fourth-order valence-corrected chi connectivity index (χ4v) is 3.89. The Balaban J connectivity index is 1.47. The van der Waals surface area contributed by atoms with Gasteiger partial charge in [0.05, 0.1) is 29.7 Å². The third kappa shape index (κ3) is 3.54. The Morgan fingerprint density at radius 1 is 1.07 bits per heavy atom. The molecule has 1 aliphatic rings. The first-order chi connectivity index (χ1) is 14.5. The summed E-state index contributed by atoms with van der Waals surface area (Å²) in [6.45, 7) is -0.177. The maximum absolute atomic E-state index is 13.1. The number of hydrogen-bond donors (Lipinski definition) is 1. The van der Waals surface area contributed by atoms with Crippen LogP contribution in [0.5, 0.6) is 0 Å². The number of fused-ring (bicyclic) bond motifs is 1. The summed E-state index contributed by atoms with van der Waals surface area (Å²) in [4.78, 5) is 13.3. The van der Waals surface area contributed by atoms with Gasteiger partial charge in [-0.2, -0.15) is 9.78 Å². The monoisotopic (exact) mass is 407 g/mol. The lowest BCUT2D eigenvalue weighted by atomic mass is 9.78. The van der Waals surface area contributed by atoms with Gasteiger partial charge in [0.25, 0.3) is 5.95 Å². The molecule has 0 radical (unpaired) electrons. The van der Waals surface area contributed by atoms with Crippen LogP contribution in [0.3, 0.4) is 0 Å². The molecule has 0 aliphatic heterocycles. The van der Waals surface area contributed by atoms with E-state index in [9.17, 15) is 13.9 Å². The smallest absolute Gasteiger partial charge is 0.251 e. The van der Waals surface area contributed by atoms with Crippen molar-refractivity contribution >= 4 is 10.9 Å². The van der Waals surface area contributed by atoms with E-state index in [1.807, 2.05) is 36.4 Å². The maximum atomic E-state index is 13.1. The number of halogens is 2. The van der Waals surface area contributed by atoms with Gasteiger partial charge in [0, 0.05) is 35.7 Å². The molecule has 4 aromatic rings. The highest BCUT2D eigenvalue weighted by Crippen LogP contribution is 2.43. The molecule has 5 rings (SSSR count). The predicted octanol–water partition coefficient (Wildman–Crippen LogP) is 3.96. The molecule has 3 heterocycles. The van der Waals surface area contributed by atoms with Crippen LogP contribution >= 0.6 is 0 Å². The van der Waals surface area contributed by atoms with Crippen LogP contribution in [0.25, 0.3) is 28.1 Å². The van der Waals surface area contributed by atoms with Crippen LogP contribution in [-0.4, -0.2) is 35.8 Å². The van der Waals surface area contributed by atoms with Crippen molar-refractivity contribution < 1.29 is 13.9 Å². The molecule has 0 amide bonds. The van der Waals surface area contributed by atoms with E-state index in [4.69, 9.17) is 4.98 Å². The number of aliphatic hydroxyl groups excluding tert-OH is 1. The maximum Gasteiger partial charge on any atom is 0.251 e. The van der Waals surface area contributed by atoms with E-state index in [1.54, 1.807) is 23.1 Å². The van der Waals surface area contributed by atoms with Crippen LogP contribution in [-0.2, 0) is 13.0 Å². The molecule has 0 bridgehead atoms. The highest BCUT2D eigenvalue weighted by atomic mass is 19.3. The molecule has 1 fully saturated rings. The number of alkyl halides is 2. The number of rotatable bonds is 5. The number of aliphatic hydroxyl groups is 1. The molecule has 1 aromatic carbocycles. The molecular formula is C22H19F2N5O. The second-order valence-electron chi connectivity index (χ2n) is 7.68. The molecule has 152 valence electrons. The van der Waals surface area contributed by atoms with Crippen LogP contribution in [0.2, 0.25) is 0 Å². The number of benzene rings is 1. The third-order valence-corrected chi connectivity index (χ3v) is 5.40. The van der Waals surface area contributed by atoms with Gasteiger partial charge in [-0.05, 0) is 36.6 Å². The summed E-state index contributed by atoms with van der Waals surface area (Å²) in [7, 11) is 0. The lowest BCUT2D eigenvalue weighted by Crippen LogP contribution is -2.36. The second kappa shape index (κ2) is 7.21. The van der Waals surface area contributed by atoms with Crippen LogP contribution in [0.15, 0.2) is 54.9 Å². The first kappa shape index (κ1) is 18.7. The summed E-state index contributed by atoms with van der Waals surface area (Å²) in [6.07, 6.45) is 3.76. The van der Waals surface area contributed by atoms with E-state index in [-0.39, 0.29) is 25.4 Å². The largest absolute Gasteiger partial charge is 0.390 e. The molecule has 6 nitrogen and oxygen atoms in total. The van der Waals surface area contributed by atoms with Crippen molar-refractivity contribution in [3.8, 4) is 17.2 Å². The van der Waals surface area contributed by atoms with Crippen LogP contribution in [0.1, 0.15) is 24.2 Å². The molecular weight excluding hydrogens is 388 g/mol. The summed E-state index contributed by atoms with van der Waals surface area (Å²) in [5.74, 6) is -2.15. The Morgan fingerprint density at radius 3 is 2.73 bits per heavy atom. The van der Waals surface area contributed by atoms with Gasteiger partial charge in [-0.1, -0.05) is 18.2 Å². The van der Waals surface area contributed by atoms with Gasteiger partial charge in [-0.3, -0.25) is 4.98 Å². The van der Waals surface area contributed by atoms with E-state index in [0.29, 0.717) is 18.1 Å². The molecule has 30 heavy (non-hydrogen) atoms. The standard InChI is InChI=1S/C22H19F2N5O/c23-22(24)10-14(11-22)8-17-2-1-3-19(27-17)15-4-5-16-12-26-29(20(16)9-15)21-25-7-6-18(13-30)28-21/h1-7,9,12,14,30H,8,10-11,13H2. The summed E-state index contributed by atoms with van der Waals surface area (Å²) in [6, 6.07) is 13.2. The average molecular weight is 407 g/mol. The second-order valence-corrected chi connectivity index (χ2v) is 7.68. The van der Waals surface area contributed by atoms with Gasteiger partial charge >= 0.3 is 0 Å². The summed E-state index contributed by atoms with van der Waals surface area (Å²) in [5.41, 5.74) is 3.81. The average Bonchev–Trinajstić information content (AvgIpc) is 3.16. The Kier molecular flexibility index (Phi) is 4.51. The number of pyridine rings is 1. The Labute approximate surface area is 171 Å². The number of aromatic nitrogens is 5. The predicted molar refractivity (Wildman–Crippen MR) is 107 cm³/mol. The molecule has 0 unspecified atom stereocenters. The van der Waals surface area contributed by atoms with Gasteiger partial charge in [0.2, 0.25) is 5.92 Å². The fourth-order valence-electron chi connectivity index (χ4n) is 3.89. The normalized spacial score (nSPS) is 16.0. The molecule has 1 saturated carbocycles. The van der Waals surface area contributed by atoms with Crippen molar-refractivity contribution in [2.45, 2.75) is 31.8 Å². The number of hydrogen-bond acceptors (Lipinski definition) is 5. The highest BCUT2D eigenvalue weighted by molar-refractivity contribution is 5.84. The van der Waals surface area contributed by atoms with Crippen molar-refractivity contribution in [2.24, 2.45) is 5.92 Å². The van der Waals surface area contributed by atoms with Crippen LogP contribution in [0.4, 0.5) is 8.78 Å².